The van der Waals surface area contributed by atoms with Gasteiger partial charge in [-0.3, -0.25) is 19.4 Å². The van der Waals surface area contributed by atoms with Crippen LogP contribution in [0.2, 0.25) is 0 Å². The van der Waals surface area contributed by atoms with Crippen LogP contribution in [0, 0.1) is 0 Å². The number of carbonyl (C=O) groups is 3. The zero-order chi connectivity index (χ0) is 24.3. The summed E-state index contributed by atoms with van der Waals surface area (Å²) in [5.74, 6) is -0.341. The Morgan fingerprint density at radius 1 is 1.03 bits per heavy atom. The maximum atomic E-state index is 13.4. The molecule has 7 nitrogen and oxygen atoms in total. The molecule has 0 unspecified atom stereocenters. The second-order valence-electron chi connectivity index (χ2n) is 9.09. The fraction of sp³-hybridized carbons (Fsp3) is 0.333. The molecule has 1 N–H and O–H groups in total. The summed E-state index contributed by atoms with van der Waals surface area (Å²) in [7, 11) is 0. The normalized spacial score (nSPS) is 16.6. The van der Waals surface area contributed by atoms with Crippen LogP contribution < -0.4 is 10.2 Å². The smallest absolute Gasteiger partial charge is 0.323 e. The third-order valence-corrected chi connectivity index (χ3v) is 7.68. The van der Waals surface area contributed by atoms with E-state index in [1.807, 2.05) is 66.0 Å². The number of urea groups is 1. The van der Waals surface area contributed by atoms with Crippen molar-refractivity contribution in [2.24, 2.45) is 0 Å². The fourth-order valence-electron chi connectivity index (χ4n) is 4.88. The molecule has 1 aliphatic heterocycles. The highest BCUT2D eigenvalue weighted by Gasteiger charge is 2.52. The van der Waals surface area contributed by atoms with Crippen molar-refractivity contribution in [3.8, 4) is 11.3 Å². The summed E-state index contributed by atoms with van der Waals surface area (Å²) in [5.41, 5.74) is 2.18. The van der Waals surface area contributed by atoms with Gasteiger partial charge in [0.15, 0.2) is 5.13 Å². The summed E-state index contributed by atoms with van der Waals surface area (Å²) < 4.78 is 0. The van der Waals surface area contributed by atoms with E-state index in [9.17, 15) is 14.4 Å². The van der Waals surface area contributed by atoms with E-state index in [0.29, 0.717) is 30.9 Å². The highest BCUT2D eigenvalue weighted by Crippen LogP contribution is 2.35. The number of benzene rings is 2. The van der Waals surface area contributed by atoms with Gasteiger partial charge in [-0.1, -0.05) is 73.5 Å². The SMILES string of the molecule is O=C1NC2(CCCC2)C(=O)N1CCC(=O)N(CCc1ccccc1)c1nc(-c2ccccc2)cs1. The Balaban J connectivity index is 1.31. The summed E-state index contributed by atoms with van der Waals surface area (Å²) in [6, 6.07) is 19.5. The molecule has 1 aromatic heterocycles. The van der Waals surface area contributed by atoms with Gasteiger partial charge in [0.1, 0.15) is 5.54 Å². The Hall–Kier alpha value is -3.52. The average Bonchev–Trinajstić information content (AvgIpc) is 3.61. The molecule has 5 rings (SSSR count). The van der Waals surface area contributed by atoms with Gasteiger partial charge in [0.25, 0.3) is 5.91 Å². The topological polar surface area (TPSA) is 82.6 Å². The van der Waals surface area contributed by atoms with Gasteiger partial charge in [0.2, 0.25) is 5.91 Å². The monoisotopic (exact) mass is 488 g/mol. The zero-order valence-corrected chi connectivity index (χ0v) is 20.3. The molecular formula is C27H28N4O3S. The van der Waals surface area contributed by atoms with Crippen LogP contribution in [0.1, 0.15) is 37.7 Å². The Labute approximate surface area is 208 Å². The van der Waals surface area contributed by atoms with E-state index in [1.165, 1.54) is 16.2 Å². The molecule has 0 atom stereocenters. The number of anilines is 1. The van der Waals surface area contributed by atoms with Gasteiger partial charge in [-0.15, -0.1) is 11.3 Å². The molecular weight excluding hydrogens is 460 g/mol. The Morgan fingerprint density at radius 2 is 1.71 bits per heavy atom. The summed E-state index contributed by atoms with van der Waals surface area (Å²) in [4.78, 5) is 46.6. The number of aromatic nitrogens is 1. The number of nitrogens with zero attached hydrogens (tertiary/aromatic N) is 3. The van der Waals surface area contributed by atoms with Gasteiger partial charge in [-0.25, -0.2) is 9.78 Å². The molecule has 3 aromatic rings. The molecule has 35 heavy (non-hydrogen) atoms. The summed E-state index contributed by atoms with van der Waals surface area (Å²) in [6.45, 7) is 0.540. The van der Waals surface area contributed by atoms with Crippen LogP contribution in [0.25, 0.3) is 11.3 Å². The van der Waals surface area contributed by atoms with Crippen LogP contribution in [0.15, 0.2) is 66.0 Å². The minimum absolute atomic E-state index is 0.0598. The molecule has 1 saturated carbocycles. The minimum atomic E-state index is -0.757. The minimum Gasteiger partial charge on any atom is -0.323 e. The van der Waals surface area contributed by atoms with E-state index < -0.39 is 5.54 Å². The van der Waals surface area contributed by atoms with E-state index in [-0.39, 0.29) is 30.8 Å². The van der Waals surface area contributed by atoms with E-state index in [4.69, 9.17) is 4.98 Å². The third-order valence-electron chi connectivity index (χ3n) is 6.81. The summed E-state index contributed by atoms with van der Waals surface area (Å²) >= 11 is 1.42. The summed E-state index contributed by atoms with van der Waals surface area (Å²) in [6.07, 6.45) is 3.95. The van der Waals surface area contributed by atoms with Crippen molar-refractivity contribution in [2.75, 3.05) is 18.0 Å². The Bertz CT molecular complexity index is 1210. The van der Waals surface area contributed by atoms with Crippen LogP contribution in [0.5, 0.6) is 0 Å². The van der Waals surface area contributed by atoms with Gasteiger partial charge in [-0.05, 0) is 24.8 Å². The predicted molar refractivity (Wildman–Crippen MR) is 136 cm³/mol. The van der Waals surface area contributed by atoms with Gasteiger partial charge in [-0.2, -0.15) is 0 Å². The maximum Gasteiger partial charge on any atom is 0.325 e. The fourth-order valence-corrected chi connectivity index (χ4v) is 5.76. The van der Waals surface area contributed by atoms with Gasteiger partial charge < -0.3 is 5.32 Å². The molecule has 1 aliphatic carbocycles. The number of imide groups is 1. The largest absolute Gasteiger partial charge is 0.325 e. The molecule has 4 amide bonds. The first-order valence-corrected chi connectivity index (χ1v) is 12.9. The second-order valence-corrected chi connectivity index (χ2v) is 9.93. The van der Waals surface area contributed by atoms with Gasteiger partial charge >= 0.3 is 6.03 Å². The first kappa shape index (κ1) is 23.2. The second kappa shape index (κ2) is 10.00. The van der Waals surface area contributed by atoms with Crippen LogP contribution in [0.4, 0.5) is 9.93 Å². The molecule has 8 heteroatoms. The molecule has 2 heterocycles. The number of amides is 4. The number of hydrogen-bond donors (Lipinski definition) is 1. The maximum absolute atomic E-state index is 13.4. The van der Waals surface area contributed by atoms with Crippen molar-refractivity contribution in [1.29, 1.82) is 0 Å². The molecule has 1 spiro atoms. The molecule has 0 radical (unpaired) electrons. The highest BCUT2D eigenvalue weighted by atomic mass is 32.1. The van der Waals surface area contributed by atoms with Crippen molar-refractivity contribution in [3.05, 3.63) is 71.6 Å². The molecule has 2 aromatic carbocycles. The Morgan fingerprint density at radius 3 is 2.43 bits per heavy atom. The molecule has 2 fully saturated rings. The highest BCUT2D eigenvalue weighted by molar-refractivity contribution is 7.14. The van der Waals surface area contributed by atoms with Crippen molar-refractivity contribution < 1.29 is 14.4 Å². The molecule has 2 aliphatic rings. The lowest BCUT2D eigenvalue weighted by molar-refractivity contribution is -0.131. The lowest BCUT2D eigenvalue weighted by Crippen LogP contribution is -2.44. The quantitative estimate of drug-likeness (QED) is 0.468. The van der Waals surface area contributed by atoms with Gasteiger partial charge in [0, 0.05) is 30.5 Å². The molecule has 180 valence electrons. The Kier molecular flexibility index (Phi) is 6.63. The first-order valence-electron chi connectivity index (χ1n) is 12.1. The van der Waals surface area contributed by atoms with Crippen LogP contribution in [-0.4, -0.2) is 46.4 Å². The third kappa shape index (κ3) is 4.84. The standard InChI is InChI=1S/C27H28N4O3S/c32-23(14-18-31-24(33)27(29-25(31)34)15-7-8-16-27)30(17-13-20-9-3-1-4-10-20)26-28-22(19-35-26)21-11-5-2-6-12-21/h1-6,9-12,19H,7-8,13-18H2,(H,29,34). The van der Waals surface area contributed by atoms with Crippen LogP contribution >= 0.6 is 11.3 Å². The lowest BCUT2D eigenvalue weighted by atomic mass is 9.98. The van der Waals surface area contributed by atoms with Crippen LogP contribution in [0.3, 0.4) is 0 Å². The summed E-state index contributed by atoms with van der Waals surface area (Å²) in [5, 5.41) is 5.46. The number of carbonyl (C=O) groups excluding carboxylic acids is 3. The molecule has 0 bridgehead atoms. The number of hydrogen-bond acceptors (Lipinski definition) is 5. The van der Waals surface area contributed by atoms with E-state index in [2.05, 4.69) is 5.32 Å². The lowest BCUT2D eigenvalue weighted by Gasteiger charge is -2.22. The van der Waals surface area contributed by atoms with Gasteiger partial charge in [0.05, 0.1) is 5.69 Å². The van der Waals surface area contributed by atoms with E-state index in [1.54, 1.807) is 4.90 Å². The zero-order valence-electron chi connectivity index (χ0n) is 19.5. The predicted octanol–water partition coefficient (Wildman–Crippen LogP) is 4.64. The number of rotatable bonds is 8. The van der Waals surface area contributed by atoms with E-state index >= 15 is 0 Å². The van der Waals surface area contributed by atoms with Crippen molar-refractivity contribution in [2.45, 2.75) is 44.1 Å². The average molecular weight is 489 g/mol. The van der Waals surface area contributed by atoms with Crippen molar-refractivity contribution >= 4 is 34.3 Å². The van der Waals surface area contributed by atoms with Crippen molar-refractivity contribution in [3.63, 3.8) is 0 Å². The first-order chi connectivity index (χ1) is 17.1. The van der Waals surface area contributed by atoms with E-state index in [0.717, 1.165) is 29.7 Å². The molecule has 1 saturated heterocycles. The number of thiazole rings is 1. The van der Waals surface area contributed by atoms with Crippen LogP contribution in [-0.2, 0) is 16.0 Å². The van der Waals surface area contributed by atoms with Crippen molar-refractivity contribution in [1.82, 2.24) is 15.2 Å². The number of nitrogens with one attached hydrogen (secondary N) is 1.